The van der Waals surface area contributed by atoms with Crippen LogP contribution < -0.4 is 10.6 Å². The highest BCUT2D eigenvalue weighted by Crippen LogP contribution is 2.26. The number of rotatable bonds is 18. The highest BCUT2D eigenvalue weighted by molar-refractivity contribution is 7.08. The average Bonchev–Trinajstić information content (AvgIpc) is 3.98. The maximum absolute atomic E-state index is 13.1. The Balaban J connectivity index is 0.000000228. The molecule has 308 valence electrons. The van der Waals surface area contributed by atoms with Crippen LogP contribution in [0.2, 0.25) is 10.0 Å². The third-order valence-electron chi connectivity index (χ3n) is 9.59. The lowest BCUT2D eigenvalue weighted by molar-refractivity contribution is -0.123. The van der Waals surface area contributed by atoms with Gasteiger partial charge in [-0.15, -0.1) is 0 Å². The van der Waals surface area contributed by atoms with Crippen molar-refractivity contribution < 1.29 is 39.3 Å². The Morgan fingerprint density at radius 2 is 0.867 bits per heavy atom. The first-order valence-corrected chi connectivity index (χ1v) is 21.5. The topological polar surface area (TPSA) is 173 Å². The third kappa shape index (κ3) is 14.1. The summed E-state index contributed by atoms with van der Waals surface area (Å²) in [7, 11) is -3.46. The number of benzene rings is 4. The summed E-state index contributed by atoms with van der Waals surface area (Å²) in [4.78, 5) is 51.8. The monoisotopic (exact) mass is 882 g/mol. The van der Waals surface area contributed by atoms with Crippen molar-refractivity contribution in [2.45, 2.75) is 49.4 Å². The van der Waals surface area contributed by atoms with E-state index in [2.05, 4.69) is 10.6 Å². The van der Waals surface area contributed by atoms with Crippen LogP contribution in [0.5, 0.6) is 0 Å². The average molecular weight is 883 g/mol. The molecule has 0 bridgehead atoms. The van der Waals surface area contributed by atoms with Crippen molar-refractivity contribution in [1.29, 1.82) is 0 Å². The van der Waals surface area contributed by atoms with Crippen LogP contribution in [0.15, 0.2) is 143 Å². The molecule has 16 heteroatoms. The second-order valence-corrected chi connectivity index (χ2v) is 16.4. The number of Topliss-reactive ketones (excluding diaryl/α,β-unsaturated/α-hetero) is 2. The van der Waals surface area contributed by atoms with Gasteiger partial charge in [-0.3, -0.25) is 19.2 Å². The zero-order valence-electron chi connectivity index (χ0n) is 32.1. The predicted octanol–water partition coefficient (Wildman–Crippen LogP) is 7.00. The van der Waals surface area contributed by atoms with E-state index < -0.39 is 49.8 Å². The van der Waals surface area contributed by atoms with Gasteiger partial charge in [-0.1, -0.05) is 108 Å². The Bertz CT molecular complexity index is 2090. The Hall–Kier alpha value is -4.89. The van der Waals surface area contributed by atoms with Gasteiger partial charge < -0.3 is 30.7 Å². The van der Waals surface area contributed by atoms with Gasteiger partial charge in [0.2, 0.25) is 11.8 Å². The van der Waals surface area contributed by atoms with Crippen LogP contribution in [-0.4, -0.2) is 69.6 Å². The number of amides is 2. The van der Waals surface area contributed by atoms with Crippen LogP contribution in [0.1, 0.15) is 67.6 Å². The summed E-state index contributed by atoms with van der Waals surface area (Å²) in [5.41, 5.74) is 4.07. The van der Waals surface area contributed by atoms with Crippen LogP contribution >= 0.6 is 45.9 Å². The van der Waals surface area contributed by atoms with Crippen molar-refractivity contribution in [2.75, 3.05) is 0 Å². The molecule has 0 saturated carbocycles. The van der Waals surface area contributed by atoms with Crippen LogP contribution in [0.3, 0.4) is 0 Å². The van der Waals surface area contributed by atoms with Crippen molar-refractivity contribution in [2.24, 2.45) is 0 Å². The first kappa shape index (κ1) is 46.2. The molecule has 4 atom stereocenters. The Kier molecular flexibility index (Phi) is 17.9. The summed E-state index contributed by atoms with van der Waals surface area (Å²) < 4.78 is 0. The molecule has 0 radical (unpaired) electrons. The Labute approximate surface area is 367 Å². The molecule has 60 heavy (non-hydrogen) atoms. The lowest BCUT2D eigenvalue weighted by Gasteiger charge is -2.22. The quantitative estimate of drug-likeness (QED) is 0.0396. The van der Waals surface area contributed by atoms with E-state index in [4.69, 9.17) is 23.2 Å². The molecule has 0 fully saturated rings. The normalized spacial score (nSPS) is 12.8. The number of nitrogens with one attached hydrogen (secondary N) is 2. The third-order valence-corrected chi connectivity index (χ3v) is 11.6. The number of carbonyl (C=O) groups is 4. The molecule has 2 heterocycles. The van der Waals surface area contributed by atoms with E-state index in [1.165, 1.54) is 22.7 Å². The first-order chi connectivity index (χ1) is 28.9. The summed E-state index contributed by atoms with van der Waals surface area (Å²) in [5.74, 6) is -4.63. The smallest absolute Gasteiger partial charge is 0.426 e. The molecule has 0 spiro atoms. The molecule has 2 aromatic heterocycles. The van der Waals surface area contributed by atoms with Gasteiger partial charge in [0, 0.05) is 34.0 Å². The molecule has 0 aliphatic rings. The lowest BCUT2D eigenvalue weighted by Crippen LogP contribution is -2.49. The van der Waals surface area contributed by atoms with Gasteiger partial charge >= 0.3 is 14.2 Å². The molecule has 6 N–H and O–H groups in total. The Morgan fingerprint density at radius 1 is 0.517 bits per heavy atom. The van der Waals surface area contributed by atoms with E-state index in [-0.39, 0.29) is 37.2 Å². The lowest BCUT2D eigenvalue weighted by atomic mass is 9.75. The number of carbonyl (C=O) groups excluding carboxylic acids is 4. The van der Waals surface area contributed by atoms with Crippen molar-refractivity contribution in [3.05, 3.63) is 186 Å². The summed E-state index contributed by atoms with van der Waals surface area (Å²) >= 11 is 14.9. The molecular weight excluding hydrogens is 841 g/mol. The summed E-state index contributed by atoms with van der Waals surface area (Å²) in [5, 5.41) is 53.1. The van der Waals surface area contributed by atoms with Crippen LogP contribution in [0, 0.1) is 0 Å². The molecule has 0 aliphatic carbocycles. The molecule has 0 unspecified atom stereocenters. The van der Waals surface area contributed by atoms with E-state index >= 15 is 0 Å². The molecule has 0 aliphatic heterocycles. The fourth-order valence-corrected chi connectivity index (χ4v) is 7.94. The second kappa shape index (κ2) is 23.2. The van der Waals surface area contributed by atoms with E-state index in [0.717, 1.165) is 11.1 Å². The predicted molar refractivity (Wildman–Crippen MR) is 239 cm³/mol. The summed E-state index contributed by atoms with van der Waals surface area (Å²) in [6, 6.07) is 34.7. The van der Waals surface area contributed by atoms with E-state index in [0.29, 0.717) is 32.3 Å². The Morgan fingerprint density at radius 3 is 1.17 bits per heavy atom. The molecule has 6 rings (SSSR count). The fourth-order valence-electron chi connectivity index (χ4n) is 6.32. The fraction of sp³-hybridized carbons (Fsp3) is 0.182. The standard InChI is InChI=1S/2C22H21BClNO4S/c2*24-18-8-6-16(7-9-18)19(13-20(26)17-4-2-1-3-5-17)22(27)25-21(23(28)29)12-15-10-11-30-14-15/h2*1-11,14,19,21,28-29H,12-13H2,(H,25,27)/t19-,21+;19-,21-/m10/s1. The number of thiophene rings is 2. The highest BCUT2D eigenvalue weighted by Gasteiger charge is 2.32. The number of halogens is 2. The van der Waals surface area contributed by atoms with E-state index in [1.807, 2.05) is 45.8 Å². The molecular formula is C44H42B2Cl2N2O8S2. The van der Waals surface area contributed by atoms with Crippen LogP contribution in [-0.2, 0) is 22.4 Å². The molecule has 0 saturated heterocycles. The van der Waals surface area contributed by atoms with Crippen LogP contribution in [0.25, 0.3) is 0 Å². The van der Waals surface area contributed by atoms with Gasteiger partial charge in [0.1, 0.15) is 0 Å². The van der Waals surface area contributed by atoms with Gasteiger partial charge in [-0.2, -0.15) is 22.7 Å². The van der Waals surface area contributed by atoms with Gasteiger partial charge in [0.05, 0.1) is 23.7 Å². The van der Waals surface area contributed by atoms with Crippen molar-refractivity contribution in [3.63, 3.8) is 0 Å². The highest BCUT2D eigenvalue weighted by atomic mass is 35.5. The van der Waals surface area contributed by atoms with Crippen LogP contribution in [0.4, 0.5) is 0 Å². The largest absolute Gasteiger partial charge is 0.475 e. The maximum atomic E-state index is 13.1. The van der Waals surface area contributed by atoms with Crippen molar-refractivity contribution >= 4 is 83.5 Å². The number of hydrogen-bond donors (Lipinski definition) is 6. The zero-order chi connectivity index (χ0) is 43.0. The minimum Gasteiger partial charge on any atom is -0.426 e. The maximum Gasteiger partial charge on any atom is 0.475 e. The minimum absolute atomic E-state index is 0.0514. The zero-order valence-corrected chi connectivity index (χ0v) is 35.3. The molecule has 10 nitrogen and oxygen atoms in total. The molecule has 2 amide bonds. The molecule has 4 aromatic carbocycles. The SMILES string of the molecule is O=C(C[C@@H](C(=O)N[C@@H](Cc1ccsc1)B(O)O)c1ccc(Cl)cc1)c1ccccc1.O=C(C[C@H](C(=O)N[C@@H](Cc1ccsc1)B(O)O)c1ccc(Cl)cc1)c1ccccc1. The first-order valence-electron chi connectivity index (χ1n) is 18.9. The van der Waals surface area contributed by atoms with Gasteiger partial charge in [-0.25, -0.2) is 0 Å². The second-order valence-electron chi connectivity index (χ2n) is 13.9. The van der Waals surface area contributed by atoms with E-state index in [1.54, 1.807) is 97.1 Å². The van der Waals surface area contributed by atoms with Gasteiger partial charge in [-0.05, 0) is 93.0 Å². The van der Waals surface area contributed by atoms with Crippen molar-refractivity contribution in [1.82, 2.24) is 10.6 Å². The van der Waals surface area contributed by atoms with E-state index in [9.17, 15) is 39.3 Å². The number of hydrogen-bond acceptors (Lipinski definition) is 10. The number of ketones is 2. The van der Waals surface area contributed by atoms with Gasteiger partial charge in [0.15, 0.2) is 11.6 Å². The molecule has 6 aromatic rings. The minimum atomic E-state index is -1.73. The summed E-state index contributed by atoms with van der Waals surface area (Å²) in [6.07, 6.45) is 0.439. The summed E-state index contributed by atoms with van der Waals surface area (Å²) in [6.45, 7) is 0. The van der Waals surface area contributed by atoms with Crippen molar-refractivity contribution in [3.8, 4) is 0 Å². The van der Waals surface area contributed by atoms with Gasteiger partial charge in [0.25, 0.3) is 0 Å².